The molecule has 1 aliphatic rings. The summed E-state index contributed by atoms with van der Waals surface area (Å²) in [5, 5.41) is 2.58. The zero-order chi connectivity index (χ0) is 12.7. The van der Waals surface area contributed by atoms with Crippen LogP contribution in [0, 0.1) is 0 Å². The summed E-state index contributed by atoms with van der Waals surface area (Å²) in [4.78, 5) is 24.5. The minimum absolute atomic E-state index is 0.0847. The molecule has 5 N–H and O–H groups in total. The highest BCUT2D eigenvalue weighted by molar-refractivity contribution is 5.77. The number of amides is 3. The van der Waals surface area contributed by atoms with Crippen LogP contribution >= 0.6 is 0 Å². The smallest absolute Gasteiger partial charge is 0.312 e. The lowest BCUT2D eigenvalue weighted by Crippen LogP contribution is -2.50. The van der Waals surface area contributed by atoms with Gasteiger partial charge in [0.05, 0.1) is 0 Å². The molecule has 1 unspecified atom stereocenters. The van der Waals surface area contributed by atoms with Crippen LogP contribution in [-0.2, 0) is 4.79 Å². The summed E-state index contributed by atoms with van der Waals surface area (Å²) in [6.45, 7) is 1.75. The Kier molecular flexibility index (Phi) is 5.76. The van der Waals surface area contributed by atoms with Gasteiger partial charge in [0.2, 0.25) is 5.91 Å². The van der Waals surface area contributed by atoms with Crippen molar-refractivity contribution >= 4 is 11.9 Å². The largest absolute Gasteiger partial charge is 0.352 e. The fourth-order valence-corrected chi connectivity index (χ4v) is 2.16. The second-order valence-electron chi connectivity index (χ2n) is 4.37. The van der Waals surface area contributed by atoms with Gasteiger partial charge in [-0.25, -0.2) is 4.79 Å². The van der Waals surface area contributed by atoms with E-state index in [1.165, 1.54) is 0 Å². The van der Waals surface area contributed by atoms with Crippen LogP contribution in [0.1, 0.15) is 32.1 Å². The van der Waals surface area contributed by atoms with Crippen molar-refractivity contribution in [2.75, 3.05) is 19.6 Å². The van der Waals surface area contributed by atoms with Crippen LogP contribution in [0.2, 0.25) is 0 Å². The number of primary amides is 1. The minimum Gasteiger partial charge on any atom is -0.352 e. The Balaban J connectivity index is 2.46. The van der Waals surface area contributed by atoms with Gasteiger partial charge in [-0.2, -0.15) is 0 Å². The number of piperidine rings is 1. The number of nitrogens with one attached hydrogen (secondary N) is 1. The number of rotatable bonds is 5. The van der Waals surface area contributed by atoms with Gasteiger partial charge in [0.15, 0.2) is 0 Å². The number of nitrogens with two attached hydrogens (primary N) is 2. The van der Waals surface area contributed by atoms with Gasteiger partial charge in [-0.15, -0.1) is 0 Å². The van der Waals surface area contributed by atoms with E-state index in [9.17, 15) is 9.59 Å². The molecule has 0 aromatic heterocycles. The maximum atomic E-state index is 11.9. The second kappa shape index (κ2) is 7.11. The minimum atomic E-state index is -0.537. The average Bonchev–Trinajstić information content (AvgIpc) is 2.33. The Morgan fingerprint density at radius 1 is 1.35 bits per heavy atom. The lowest BCUT2D eigenvalue weighted by molar-refractivity contribution is -0.134. The fourth-order valence-electron chi connectivity index (χ4n) is 2.16. The molecule has 0 aromatic carbocycles. The van der Waals surface area contributed by atoms with Gasteiger partial charge in [-0.3, -0.25) is 4.79 Å². The van der Waals surface area contributed by atoms with Gasteiger partial charge in [-0.05, 0) is 32.2 Å². The summed E-state index contributed by atoms with van der Waals surface area (Å²) in [5.41, 5.74) is 10.4. The molecule has 6 nitrogen and oxygen atoms in total. The molecule has 0 radical (unpaired) electrons. The number of hydrogen-bond acceptors (Lipinski definition) is 3. The number of hydrogen-bond donors (Lipinski definition) is 3. The number of likely N-dealkylation sites (tertiary alicyclic amines) is 1. The van der Waals surface area contributed by atoms with E-state index in [4.69, 9.17) is 11.5 Å². The molecule has 0 saturated carbocycles. The van der Waals surface area contributed by atoms with Gasteiger partial charge >= 0.3 is 6.03 Å². The Morgan fingerprint density at radius 3 is 2.76 bits per heavy atom. The topological polar surface area (TPSA) is 101 Å². The summed E-state index contributed by atoms with van der Waals surface area (Å²) >= 11 is 0. The number of nitrogens with zero attached hydrogens (tertiary/aromatic N) is 1. The molecule has 1 rings (SSSR count). The fraction of sp³-hybridized carbons (Fsp3) is 0.818. The SMILES string of the molecule is NCCCC(=O)N1CCCCC1CNC(N)=O. The predicted octanol–water partition coefficient (Wildman–Crippen LogP) is -0.225. The van der Waals surface area contributed by atoms with E-state index in [0.29, 0.717) is 25.9 Å². The van der Waals surface area contributed by atoms with Crippen molar-refractivity contribution in [1.82, 2.24) is 10.2 Å². The van der Waals surface area contributed by atoms with Gasteiger partial charge in [-0.1, -0.05) is 0 Å². The molecule has 6 heteroatoms. The van der Waals surface area contributed by atoms with Gasteiger partial charge < -0.3 is 21.7 Å². The first-order valence-corrected chi connectivity index (χ1v) is 6.18. The normalized spacial score (nSPS) is 20.1. The van der Waals surface area contributed by atoms with E-state index < -0.39 is 6.03 Å². The van der Waals surface area contributed by atoms with Crippen molar-refractivity contribution in [3.8, 4) is 0 Å². The van der Waals surface area contributed by atoms with Crippen LogP contribution in [0.4, 0.5) is 4.79 Å². The van der Waals surface area contributed by atoms with Gasteiger partial charge in [0, 0.05) is 25.6 Å². The van der Waals surface area contributed by atoms with Crippen molar-refractivity contribution in [1.29, 1.82) is 0 Å². The summed E-state index contributed by atoms with van der Waals surface area (Å²) in [6, 6.07) is -0.452. The number of carbonyl (C=O) groups excluding carboxylic acids is 2. The third-order valence-electron chi connectivity index (χ3n) is 3.05. The number of urea groups is 1. The molecule has 1 saturated heterocycles. The molecule has 1 aliphatic heterocycles. The van der Waals surface area contributed by atoms with Crippen molar-refractivity contribution in [3.05, 3.63) is 0 Å². The number of carbonyl (C=O) groups is 2. The molecular weight excluding hydrogens is 220 g/mol. The van der Waals surface area contributed by atoms with Crippen molar-refractivity contribution in [3.63, 3.8) is 0 Å². The molecule has 0 bridgehead atoms. The van der Waals surface area contributed by atoms with Gasteiger partial charge in [0.1, 0.15) is 0 Å². The second-order valence-corrected chi connectivity index (χ2v) is 4.37. The molecular formula is C11H22N4O2. The molecule has 3 amide bonds. The van der Waals surface area contributed by atoms with Crippen molar-refractivity contribution in [2.45, 2.75) is 38.1 Å². The molecule has 98 valence electrons. The molecule has 1 atom stereocenters. The molecule has 1 heterocycles. The highest BCUT2D eigenvalue weighted by atomic mass is 16.2. The van der Waals surface area contributed by atoms with Crippen molar-refractivity contribution in [2.24, 2.45) is 11.5 Å². The zero-order valence-corrected chi connectivity index (χ0v) is 10.2. The van der Waals surface area contributed by atoms with Crippen LogP contribution in [0.25, 0.3) is 0 Å². The van der Waals surface area contributed by atoms with E-state index in [0.717, 1.165) is 25.8 Å². The Labute approximate surface area is 102 Å². The average molecular weight is 242 g/mol. The van der Waals surface area contributed by atoms with Crippen LogP contribution in [0.15, 0.2) is 0 Å². The summed E-state index contributed by atoms with van der Waals surface area (Å²) < 4.78 is 0. The van der Waals surface area contributed by atoms with E-state index in [-0.39, 0.29) is 11.9 Å². The first-order chi connectivity index (χ1) is 8.15. The summed E-state index contributed by atoms with van der Waals surface area (Å²) in [5.74, 6) is 0.131. The van der Waals surface area contributed by atoms with Crippen LogP contribution in [0.5, 0.6) is 0 Å². The summed E-state index contributed by atoms with van der Waals surface area (Å²) in [6.07, 6.45) is 4.25. The standard InChI is InChI=1S/C11H22N4O2/c12-6-3-5-10(16)15-7-2-1-4-9(15)8-14-11(13)17/h9H,1-8,12H2,(H3,13,14,17). The Bertz CT molecular complexity index is 270. The summed E-state index contributed by atoms with van der Waals surface area (Å²) in [7, 11) is 0. The van der Waals surface area contributed by atoms with Crippen LogP contribution < -0.4 is 16.8 Å². The highest BCUT2D eigenvalue weighted by Gasteiger charge is 2.26. The maximum absolute atomic E-state index is 11.9. The first-order valence-electron chi connectivity index (χ1n) is 6.18. The molecule has 0 aliphatic carbocycles. The highest BCUT2D eigenvalue weighted by Crippen LogP contribution is 2.17. The predicted molar refractivity (Wildman–Crippen MR) is 65.2 cm³/mol. The molecule has 17 heavy (non-hydrogen) atoms. The van der Waals surface area contributed by atoms with E-state index in [2.05, 4.69) is 5.32 Å². The van der Waals surface area contributed by atoms with E-state index >= 15 is 0 Å². The molecule has 0 spiro atoms. The van der Waals surface area contributed by atoms with Crippen LogP contribution in [-0.4, -0.2) is 42.5 Å². The quantitative estimate of drug-likeness (QED) is 0.621. The molecule has 1 fully saturated rings. The lowest BCUT2D eigenvalue weighted by atomic mass is 10.0. The van der Waals surface area contributed by atoms with Crippen LogP contribution in [0.3, 0.4) is 0 Å². The zero-order valence-electron chi connectivity index (χ0n) is 10.2. The Hall–Kier alpha value is -1.30. The van der Waals surface area contributed by atoms with Gasteiger partial charge in [0.25, 0.3) is 0 Å². The Morgan fingerprint density at radius 2 is 2.12 bits per heavy atom. The third kappa shape index (κ3) is 4.60. The molecule has 0 aromatic rings. The maximum Gasteiger partial charge on any atom is 0.312 e. The van der Waals surface area contributed by atoms with E-state index in [1.807, 2.05) is 4.90 Å². The lowest BCUT2D eigenvalue weighted by Gasteiger charge is -2.35. The monoisotopic (exact) mass is 242 g/mol. The van der Waals surface area contributed by atoms with E-state index in [1.54, 1.807) is 0 Å². The third-order valence-corrected chi connectivity index (χ3v) is 3.05. The first kappa shape index (κ1) is 13.8. The van der Waals surface area contributed by atoms with Crippen molar-refractivity contribution < 1.29 is 9.59 Å².